The van der Waals surface area contributed by atoms with Gasteiger partial charge in [-0.1, -0.05) is 177 Å². The van der Waals surface area contributed by atoms with Gasteiger partial charge in [0.1, 0.15) is 46.6 Å². The molecular formula is C86H46F30N24Pt4. The molecule has 0 radical (unpaired) electrons. The molecule has 0 aromatic carbocycles. The first-order valence-electron chi connectivity index (χ1n) is 37.5. The van der Waals surface area contributed by atoms with Gasteiger partial charge in [-0.15, -0.1) is 0 Å². The summed E-state index contributed by atoms with van der Waals surface area (Å²) in [4.78, 5) is 81.4. The molecule has 0 aliphatic carbocycles. The Morgan fingerprint density at radius 3 is 0.451 bits per heavy atom. The molecule has 0 bridgehead atoms. The van der Waals surface area contributed by atoms with Crippen molar-refractivity contribution in [3.63, 3.8) is 0 Å². The first kappa shape index (κ1) is 121. The number of halogens is 30. The van der Waals surface area contributed by atoms with Crippen molar-refractivity contribution in [2.24, 2.45) is 0 Å². The quantitative estimate of drug-likeness (QED) is 0.101. The van der Waals surface area contributed by atoms with Gasteiger partial charge in [0, 0.05) is 60.7 Å². The van der Waals surface area contributed by atoms with Crippen molar-refractivity contribution in [2.45, 2.75) is 89.5 Å². The summed E-state index contributed by atoms with van der Waals surface area (Å²) in [5.74, 6) is -10.0. The SMILES string of the molecule is Cc1ccnc(-c2[c-]nc(C(F)(F)F)nc2)c1.Cc1ccnc(-c2[c-]nc(C(F)(F)F)nc2)c1.Cc1ccnc(-c2[c-]nc(C(F)(F)F)nc2)c1.Cc1ccnc(-c2[c-]nc(C(F)(F)F)nc2)c1.FC(F)(F)c1ccnc(-c2[c-]nc(C(F)(F)F)nc2)c1.FC(F)(F)c1ccnc(-c2[c-]nc(C(F)(F)F)nc2)c1.FC(F)(F)c1n[c-]c(-c2ccccn2)cn1.FC(F)(F)c1n[c-]c(-c2ccccn2)cn1.[Pt+2].[Pt+2].[Pt+2].[Pt+2]. The molecule has 0 fully saturated rings. The van der Waals surface area contributed by atoms with E-state index in [9.17, 15) is 132 Å². The fraction of sp³-hybridized carbons (Fsp3) is 0.163. The number of alkyl halides is 30. The van der Waals surface area contributed by atoms with E-state index in [1.807, 2.05) is 40.1 Å². The minimum Gasteiger partial charge on any atom is -0.331 e. The third-order valence-electron chi connectivity index (χ3n) is 16.2. The Morgan fingerprint density at radius 1 is 0.167 bits per heavy atom. The van der Waals surface area contributed by atoms with Crippen LogP contribution in [0, 0.1) is 77.3 Å². The Bertz CT molecular complexity index is 6050. The number of hydrogen-bond donors (Lipinski definition) is 0. The van der Waals surface area contributed by atoms with E-state index >= 15 is 0 Å². The number of aryl methyl sites for hydroxylation is 4. The molecule has 0 amide bonds. The number of hydrogen-bond acceptors (Lipinski definition) is 24. The average Bonchev–Trinajstić information content (AvgIpc) is 0.814. The van der Waals surface area contributed by atoms with Crippen LogP contribution >= 0.6 is 0 Å². The van der Waals surface area contributed by atoms with Crippen LogP contribution in [-0.2, 0) is 146 Å². The smallest absolute Gasteiger partial charge is 0.331 e. The standard InChI is InChI=1S/2C11H4F6N3.4C11H7F3N3.2C10H5F3N3.4Pt/c2*12-10(13,14)7-1-2-18-8(3-7)6-4-19-9(20-5-6)11(15,16)17;4*1-7-2-3-15-9(4-7)8-5-16-10(17-6-8)11(12,13)14;2*11-10(12,13)9-15-5-7(6-16-9)8-3-1-2-4-14-8;;;;/h2*1-4H;4*2-5H,1H3;2*1-5H;;;;/q8*-1;4*+2. The molecule has 16 aromatic rings. The van der Waals surface area contributed by atoms with Gasteiger partial charge in [0.15, 0.2) is 0 Å². The second-order valence-corrected chi connectivity index (χ2v) is 26.9. The topological polar surface area (TPSA) is 309 Å². The Balaban J connectivity index is 0.000000289. The molecule has 0 spiro atoms. The zero-order valence-electron chi connectivity index (χ0n) is 71.0. The van der Waals surface area contributed by atoms with Gasteiger partial charge in [-0.25, -0.2) is 0 Å². The molecule has 0 unspecified atom stereocenters. The predicted molar refractivity (Wildman–Crippen MR) is 422 cm³/mol. The molecule has 24 nitrogen and oxygen atoms in total. The van der Waals surface area contributed by atoms with Crippen LogP contribution in [0.4, 0.5) is 132 Å². The molecule has 58 heteroatoms. The van der Waals surface area contributed by atoms with E-state index in [1.165, 1.54) is 12.4 Å². The number of pyridine rings is 8. The van der Waals surface area contributed by atoms with Crippen molar-refractivity contribution in [3.05, 3.63) is 338 Å². The Kier molecular flexibility index (Phi) is 43.8. The molecule has 0 aliphatic heterocycles. The first-order chi connectivity index (χ1) is 65.4. The summed E-state index contributed by atoms with van der Waals surface area (Å²) >= 11 is 0. The summed E-state index contributed by atoms with van der Waals surface area (Å²) < 4.78 is 368. The maximum Gasteiger partial charge on any atom is 2.00 e. The minimum absolute atomic E-state index is 0. The van der Waals surface area contributed by atoms with Crippen LogP contribution < -0.4 is 0 Å². The summed E-state index contributed by atoms with van der Waals surface area (Å²) in [6.07, 6.45) is -9.34. The third-order valence-corrected chi connectivity index (χ3v) is 16.2. The Morgan fingerprint density at radius 2 is 0.319 bits per heavy atom. The van der Waals surface area contributed by atoms with Crippen molar-refractivity contribution in [1.82, 2.24) is 120 Å². The minimum atomic E-state index is -4.74. The first-order valence-corrected chi connectivity index (χ1v) is 37.5. The van der Waals surface area contributed by atoms with Crippen LogP contribution in [0.15, 0.2) is 208 Å². The molecule has 0 N–H and O–H groups in total. The molecule has 16 rings (SSSR count). The second-order valence-electron chi connectivity index (χ2n) is 26.9. The molecule has 760 valence electrons. The zero-order valence-corrected chi connectivity index (χ0v) is 80.1. The van der Waals surface area contributed by atoms with Gasteiger partial charge >= 0.3 is 146 Å². The van der Waals surface area contributed by atoms with E-state index in [2.05, 4.69) is 157 Å². The predicted octanol–water partition coefficient (Wildman–Crippen LogP) is 22.1. The van der Waals surface area contributed by atoms with E-state index in [4.69, 9.17) is 0 Å². The van der Waals surface area contributed by atoms with Crippen LogP contribution in [0.3, 0.4) is 0 Å². The van der Waals surface area contributed by atoms with Gasteiger partial charge in [-0.3, -0.25) is 0 Å². The van der Waals surface area contributed by atoms with E-state index in [0.717, 1.165) is 96.4 Å². The average molecular weight is 2770 g/mol. The van der Waals surface area contributed by atoms with Gasteiger partial charge in [0.25, 0.3) is 0 Å². The monoisotopic (exact) mass is 2760 g/mol. The van der Waals surface area contributed by atoms with Crippen LogP contribution in [0.1, 0.15) is 80.0 Å². The third kappa shape index (κ3) is 38.0. The molecule has 0 saturated carbocycles. The molecule has 144 heavy (non-hydrogen) atoms. The van der Waals surface area contributed by atoms with Gasteiger partial charge in [-0.05, 0) is 171 Å². The van der Waals surface area contributed by atoms with Crippen molar-refractivity contribution in [1.29, 1.82) is 0 Å². The number of aromatic nitrogens is 24. The van der Waals surface area contributed by atoms with Crippen LogP contribution in [0.5, 0.6) is 0 Å². The number of nitrogens with zero attached hydrogens (tertiary/aromatic N) is 24. The van der Waals surface area contributed by atoms with Crippen LogP contribution in [-0.4, -0.2) is 120 Å². The molecule has 16 aromatic heterocycles. The second kappa shape index (κ2) is 52.1. The van der Waals surface area contributed by atoms with Crippen molar-refractivity contribution in [2.75, 3.05) is 0 Å². The van der Waals surface area contributed by atoms with Gasteiger partial charge in [-0.2, -0.15) is 132 Å². The fourth-order valence-electron chi connectivity index (χ4n) is 9.74. The van der Waals surface area contributed by atoms with Gasteiger partial charge in [0.05, 0.1) is 0 Å². The van der Waals surface area contributed by atoms with E-state index in [0.29, 0.717) is 79.7 Å². The van der Waals surface area contributed by atoms with Crippen LogP contribution in [0.2, 0.25) is 0 Å². The number of rotatable bonds is 8. The Labute approximate surface area is 847 Å². The molecule has 16 heterocycles. The van der Waals surface area contributed by atoms with Gasteiger partial charge in [0.2, 0.25) is 0 Å². The molecule has 0 aliphatic rings. The fourth-order valence-corrected chi connectivity index (χ4v) is 9.74. The normalized spacial score (nSPS) is 11.5. The van der Waals surface area contributed by atoms with E-state index < -0.39 is 119 Å². The summed E-state index contributed by atoms with van der Waals surface area (Å²) in [6.45, 7) is 7.43. The van der Waals surface area contributed by atoms with Gasteiger partial charge < -0.3 is 120 Å². The van der Waals surface area contributed by atoms with Crippen LogP contribution in [0.25, 0.3) is 90.1 Å². The summed E-state index contributed by atoms with van der Waals surface area (Å²) in [5.41, 5.74) is 6.04. The zero-order chi connectivity index (χ0) is 103. The Hall–Kier alpha value is -13.5. The molecule has 0 atom stereocenters. The van der Waals surface area contributed by atoms with E-state index in [-0.39, 0.29) is 107 Å². The molecular weight excluding hydrogens is 2720 g/mol. The van der Waals surface area contributed by atoms with Crippen molar-refractivity contribution < 1.29 is 216 Å². The summed E-state index contributed by atoms with van der Waals surface area (Å²) in [7, 11) is 0. The summed E-state index contributed by atoms with van der Waals surface area (Å²) in [6, 6.07) is 27.0. The maximum absolute atomic E-state index is 12.5. The maximum atomic E-state index is 12.5. The van der Waals surface area contributed by atoms with E-state index in [1.54, 1.807) is 110 Å². The van der Waals surface area contributed by atoms with Crippen molar-refractivity contribution >= 4 is 0 Å². The largest absolute Gasteiger partial charge is 2.00 e. The van der Waals surface area contributed by atoms with Crippen molar-refractivity contribution in [3.8, 4) is 90.1 Å². The molecule has 0 saturated heterocycles. The summed E-state index contributed by atoms with van der Waals surface area (Å²) in [5, 5.41) is 0.